The van der Waals surface area contributed by atoms with Crippen molar-refractivity contribution < 1.29 is 9.84 Å². The number of benzene rings is 2. The third-order valence-corrected chi connectivity index (χ3v) is 7.56. The van der Waals surface area contributed by atoms with Gasteiger partial charge in [0.2, 0.25) is 11.8 Å². The minimum Gasteiger partial charge on any atom is -0.437 e. The Morgan fingerprint density at radius 1 is 0.923 bits per heavy atom. The molecule has 1 saturated heterocycles. The molecule has 0 radical (unpaired) electrons. The second-order valence-corrected chi connectivity index (χ2v) is 10.3. The molecule has 9 heteroatoms. The number of hydrogen-bond acceptors (Lipinski definition) is 8. The summed E-state index contributed by atoms with van der Waals surface area (Å²) in [6, 6.07) is 16.5. The molecule has 39 heavy (non-hydrogen) atoms. The number of nitrogens with zero attached hydrogens (tertiary/aromatic N) is 3. The zero-order valence-corrected chi connectivity index (χ0v) is 22.9. The summed E-state index contributed by atoms with van der Waals surface area (Å²) in [6.07, 6.45) is 8.28. The lowest BCUT2D eigenvalue weighted by atomic mass is 10.0. The van der Waals surface area contributed by atoms with Crippen LogP contribution in [0.3, 0.4) is 0 Å². The maximum Gasteiger partial charge on any atom is 0.228 e. The van der Waals surface area contributed by atoms with Crippen LogP contribution >= 0.6 is 12.4 Å². The fourth-order valence-corrected chi connectivity index (χ4v) is 5.51. The van der Waals surface area contributed by atoms with Crippen molar-refractivity contribution in [2.75, 3.05) is 23.7 Å². The molecule has 0 spiro atoms. The van der Waals surface area contributed by atoms with Crippen LogP contribution in [0.25, 0.3) is 22.0 Å². The summed E-state index contributed by atoms with van der Waals surface area (Å²) in [7, 11) is 0. The summed E-state index contributed by atoms with van der Waals surface area (Å²) >= 11 is 0. The van der Waals surface area contributed by atoms with Gasteiger partial charge in [-0.2, -0.15) is 0 Å². The molecule has 1 saturated carbocycles. The Morgan fingerprint density at radius 2 is 1.85 bits per heavy atom. The van der Waals surface area contributed by atoms with Gasteiger partial charge in [-0.1, -0.05) is 24.3 Å². The van der Waals surface area contributed by atoms with Crippen LogP contribution in [0.5, 0.6) is 11.6 Å². The molecule has 2 fully saturated rings. The number of rotatable bonds is 7. The zero-order chi connectivity index (χ0) is 25.9. The summed E-state index contributed by atoms with van der Waals surface area (Å²) in [5.74, 6) is 1.87. The Bertz CT molecular complexity index is 1430. The first-order valence-corrected chi connectivity index (χ1v) is 13.6. The summed E-state index contributed by atoms with van der Waals surface area (Å²) in [5, 5.41) is 22.9. The van der Waals surface area contributed by atoms with E-state index in [4.69, 9.17) is 9.72 Å². The predicted octanol–water partition coefficient (Wildman–Crippen LogP) is 5.70. The van der Waals surface area contributed by atoms with Crippen LogP contribution in [0.4, 0.5) is 11.6 Å². The molecule has 6 rings (SSSR count). The van der Waals surface area contributed by atoms with Crippen molar-refractivity contribution in [2.45, 2.75) is 57.2 Å². The molecule has 204 valence electrons. The fraction of sp³-hybridized carbons (Fsp3) is 0.367. The molecule has 8 nitrogen and oxygen atoms in total. The highest BCUT2D eigenvalue weighted by atomic mass is 35.5. The first kappa shape index (κ1) is 27.1. The Morgan fingerprint density at radius 3 is 2.67 bits per heavy atom. The van der Waals surface area contributed by atoms with E-state index in [0.29, 0.717) is 17.9 Å². The van der Waals surface area contributed by atoms with Gasteiger partial charge in [0.25, 0.3) is 0 Å². The van der Waals surface area contributed by atoms with E-state index in [0.717, 1.165) is 84.2 Å². The first-order valence-electron chi connectivity index (χ1n) is 13.6. The van der Waals surface area contributed by atoms with Gasteiger partial charge in [0.1, 0.15) is 5.75 Å². The molecular weight excluding hydrogens is 512 g/mol. The quantitative estimate of drug-likeness (QED) is 0.234. The lowest BCUT2D eigenvalue weighted by Crippen LogP contribution is -2.38. The number of aliphatic hydroxyl groups is 1. The van der Waals surface area contributed by atoms with E-state index in [2.05, 4.69) is 50.2 Å². The minimum atomic E-state index is -0.316. The SMILES string of the molecule is Cc1ccc2c(N[C@@H]3CCC[C@H]3O)cccc2c1Oc1ncccc1-c1ccnc(N[C@H]2CCCNC2)n1.Cl. The smallest absolute Gasteiger partial charge is 0.228 e. The van der Waals surface area contributed by atoms with Gasteiger partial charge in [0.05, 0.1) is 23.4 Å². The summed E-state index contributed by atoms with van der Waals surface area (Å²) in [4.78, 5) is 13.8. The number of nitrogens with one attached hydrogen (secondary N) is 3. The van der Waals surface area contributed by atoms with Crippen molar-refractivity contribution in [3.63, 3.8) is 0 Å². The van der Waals surface area contributed by atoms with Crippen molar-refractivity contribution in [3.8, 4) is 22.9 Å². The van der Waals surface area contributed by atoms with Gasteiger partial charge < -0.3 is 25.8 Å². The van der Waals surface area contributed by atoms with E-state index < -0.39 is 0 Å². The first-order chi connectivity index (χ1) is 18.7. The topological polar surface area (TPSA) is 104 Å². The second kappa shape index (κ2) is 12.2. The number of halogens is 1. The van der Waals surface area contributed by atoms with Gasteiger partial charge in [0, 0.05) is 41.4 Å². The molecule has 3 heterocycles. The molecule has 1 aliphatic carbocycles. The van der Waals surface area contributed by atoms with Crippen molar-refractivity contribution in [1.29, 1.82) is 0 Å². The van der Waals surface area contributed by atoms with Gasteiger partial charge >= 0.3 is 0 Å². The predicted molar refractivity (Wildman–Crippen MR) is 158 cm³/mol. The number of aliphatic hydroxyl groups excluding tert-OH is 1. The molecule has 2 aromatic carbocycles. The fourth-order valence-electron chi connectivity index (χ4n) is 5.51. The molecule has 2 aromatic heterocycles. The van der Waals surface area contributed by atoms with Crippen molar-refractivity contribution >= 4 is 34.8 Å². The second-order valence-electron chi connectivity index (χ2n) is 10.3. The number of fused-ring (bicyclic) bond motifs is 1. The Kier molecular flexibility index (Phi) is 8.45. The van der Waals surface area contributed by atoms with E-state index in [1.165, 1.54) is 0 Å². The lowest BCUT2D eigenvalue weighted by Gasteiger charge is -2.23. The van der Waals surface area contributed by atoms with Crippen LogP contribution in [0.15, 0.2) is 60.9 Å². The van der Waals surface area contributed by atoms with Crippen LogP contribution in [0.1, 0.15) is 37.7 Å². The average Bonchev–Trinajstić information content (AvgIpc) is 3.35. The van der Waals surface area contributed by atoms with E-state index >= 15 is 0 Å². The molecule has 1 aliphatic heterocycles. The van der Waals surface area contributed by atoms with Crippen LogP contribution in [0.2, 0.25) is 0 Å². The zero-order valence-electron chi connectivity index (χ0n) is 22.1. The van der Waals surface area contributed by atoms with Crippen molar-refractivity contribution in [2.24, 2.45) is 0 Å². The Hall–Kier alpha value is -3.46. The molecule has 2 aliphatic rings. The van der Waals surface area contributed by atoms with Gasteiger partial charge in [-0.15, -0.1) is 12.4 Å². The van der Waals surface area contributed by atoms with E-state index in [9.17, 15) is 5.11 Å². The number of hydrogen-bond donors (Lipinski definition) is 4. The Labute approximate surface area is 235 Å². The lowest BCUT2D eigenvalue weighted by molar-refractivity contribution is 0.172. The highest BCUT2D eigenvalue weighted by Crippen LogP contribution is 2.39. The maximum absolute atomic E-state index is 10.4. The molecule has 3 atom stereocenters. The highest BCUT2D eigenvalue weighted by Gasteiger charge is 2.25. The molecule has 4 N–H and O–H groups in total. The number of aryl methyl sites for hydroxylation is 1. The minimum absolute atomic E-state index is 0. The van der Waals surface area contributed by atoms with Crippen molar-refractivity contribution in [3.05, 3.63) is 66.5 Å². The summed E-state index contributed by atoms with van der Waals surface area (Å²) in [6.45, 7) is 4.01. The van der Waals surface area contributed by atoms with Gasteiger partial charge in [-0.3, -0.25) is 0 Å². The number of ether oxygens (including phenoxy) is 1. The monoisotopic (exact) mass is 546 g/mol. The van der Waals surface area contributed by atoms with E-state index in [1.54, 1.807) is 12.4 Å². The maximum atomic E-state index is 10.4. The molecule has 4 aromatic rings. The number of pyridine rings is 1. The van der Waals surface area contributed by atoms with Crippen LogP contribution in [-0.4, -0.2) is 51.3 Å². The molecule has 0 unspecified atom stereocenters. The van der Waals surface area contributed by atoms with E-state index in [-0.39, 0.29) is 24.6 Å². The summed E-state index contributed by atoms with van der Waals surface area (Å²) < 4.78 is 6.56. The number of piperidine rings is 1. The largest absolute Gasteiger partial charge is 0.437 e. The van der Waals surface area contributed by atoms with E-state index in [1.807, 2.05) is 31.2 Å². The van der Waals surface area contributed by atoms with Crippen LogP contribution in [0, 0.1) is 6.92 Å². The Balaban J connectivity index is 0.00000308. The standard InChI is InChI=1S/C30H34N6O2.ClH/c1-19-12-13-21-22(7-2-9-24(21)35-26-10-3-11-27(26)37)28(19)38-29-23(8-5-16-32-29)25-14-17-33-30(36-25)34-20-6-4-15-31-18-20;/h2,5,7-9,12-14,16-17,20,26-27,31,35,37H,3-4,6,10-11,15,18H2,1H3,(H,33,34,36);1H/t20-,26+,27+;/m0./s1. The number of anilines is 2. The molecule has 0 bridgehead atoms. The van der Waals surface area contributed by atoms with Crippen LogP contribution < -0.4 is 20.7 Å². The molecular formula is C30H35ClN6O2. The summed E-state index contributed by atoms with van der Waals surface area (Å²) in [5.41, 5.74) is 3.58. The highest BCUT2D eigenvalue weighted by molar-refractivity contribution is 5.98. The number of aromatic nitrogens is 3. The van der Waals surface area contributed by atoms with Gasteiger partial charge in [0.15, 0.2) is 0 Å². The van der Waals surface area contributed by atoms with Crippen LogP contribution in [-0.2, 0) is 0 Å². The van der Waals surface area contributed by atoms with Crippen molar-refractivity contribution in [1.82, 2.24) is 20.3 Å². The third kappa shape index (κ3) is 5.93. The molecule has 0 amide bonds. The average molecular weight is 547 g/mol. The van der Waals surface area contributed by atoms with Gasteiger partial charge in [-0.25, -0.2) is 15.0 Å². The van der Waals surface area contributed by atoms with Gasteiger partial charge in [-0.05, 0) is 75.4 Å². The normalized spacial score (nSPS) is 20.8. The third-order valence-electron chi connectivity index (χ3n) is 7.56.